The minimum absolute atomic E-state index is 0.293. The molecule has 0 atom stereocenters. The molecular weight excluding hydrogens is 224 g/mol. The van der Waals surface area contributed by atoms with Crippen molar-refractivity contribution in [1.29, 1.82) is 0 Å². The fourth-order valence-electron chi connectivity index (χ4n) is 1.47. The van der Waals surface area contributed by atoms with Gasteiger partial charge < -0.3 is 13.9 Å². The van der Waals surface area contributed by atoms with Gasteiger partial charge in [0.05, 0.1) is 7.11 Å². The highest BCUT2D eigenvalue weighted by Crippen LogP contribution is 2.31. The highest BCUT2D eigenvalue weighted by molar-refractivity contribution is 5.82. The van der Waals surface area contributed by atoms with Gasteiger partial charge in [0.15, 0.2) is 11.5 Å². The molecule has 0 aliphatic carbocycles. The van der Waals surface area contributed by atoms with Crippen molar-refractivity contribution in [1.82, 2.24) is 0 Å². The zero-order valence-electron chi connectivity index (χ0n) is 9.35. The second-order valence-corrected chi connectivity index (χ2v) is 3.39. The molecule has 0 fully saturated rings. The summed E-state index contributed by atoms with van der Waals surface area (Å²) in [6.45, 7) is 1.30. The average Bonchev–Trinajstić information content (AvgIpc) is 2.28. The third-order valence-electron chi connectivity index (χ3n) is 2.16. The normalized spacial score (nSPS) is 10.2. The van der Waals surface area contributed by atoms with Crippen molar-refractivity contribution in [2.24, 2.45) is 0 Å². The zero-order chi connectivity index (χ0) is 12.4. The number of benzene rings is 1. The van der Waals surface area contributed by atoms with Crippen LogP contribution in [0.5, 0.6) is 11.5 Å². The number of esters is 1. The highest BCUT2D eigenvalue weighted by atomic mass is 16.6. The Labute approximate surface area is 96.6 Å². The Morgan fingerprint density at radius 3 is 2.65 bits per heavy atom. The molecule has 0 bridgehead atoms. The molecule has 0 unspecified atom stereocenters. The van der Waals surface area contributed by atoms with Crippen molar-refractivity contribution >= 4 is 16.9 Å². The van der Waals surface area contributed by atoms with Gasteiger partial charge in [0.1, 0.15) is 5.58 Å². The minimum Gasteiger partial charge on any atom is -0.493 e. The van der Waals surface area contributed by atoms with E-state index in [4.69, 9.17) is 13.9 Å². The number of carbonyl (C=O) groups is 1. The summed E-state index contributed by atoms with van der Waals surface area (Å²) in [7, 11) is 1.44. The third-order valence-corrected chi connectivity index (χ3v) is 2.16. The molecule has 0 saturated heterocycles. The summed E-state index contributed by atoms with van der Waals surface area (Å²) in [5, 5.41) is 0.654. The van der Waals surface area contributed by atoms with Gasteiger partial charge in [-0.1, -0.05) is 0 Å². The van der Waals surface area contributed by atoms with E-state index in [1.165, 1.54) is 26.2 Å². The third kappa shape index (κ3) is 2.28. The lowest BCUT2D eigenvalue weighted by Gasteiger charge is -2.08. The van der Waals surface area contributed by atoms with E-state index >= 15 is 0 Å². The Morgan fingerprint density at radius 1 is 1.24 bits per heavy atom. The number of hydrogen-bond acceptors (Lipinski definition) is 5. The van der Waals surface area contributed by atoms with Crippen LogP contribution in [0.15, 0.2) is 33.5 Å². The van der Waals surface area contributed by atoms with Crippen LogP contribution in [0.1, 0.15) is 6.92 Å². The maximum Gasteiger partial charge on any atom is 0.336 e. The van der Waals surface area contributed by atoms with E-state index in [-0.39, 0.29) is 0 Å². The quantitative estimate of drug-likeness (QED) is 0.449. The Kier molecular flexibility index (Phi) is 2.82. The van der Waals surface area contributed by atoms with Gasteiger partial charge in [-0.05, 0) is 12.1 Å². The molecule has 0 spiro atoms. The summed E-state index contributed by atoms with van der Waals surface area (Å²) in [6.07, 6.45) is 0. The number of rotatable bonds is 2. The second-order valence-electron chi connectivity index (χ2n) is 3.39. The molecule has 5 heteroatoms. The van der Waals surface area contributed by atoms with E-state index in [1.807, 2.05) is 0 Å². The molecule has 0 amide bonds. The first kappa shape index (κ1) is 11.2. The monoisotopic (exact) mass is 234 g/mol. The van der Waals surface area contributed by atoms with Gasteiger partial charge in [-0.15, -0.1) is 0 Å². The largest absolute Gasteiger partial charge is 0.493 e. The van der Waals surface area contributed by atoms with Crippen LogP contribution >= 0.6 is 0 Å². The van der Waals surface area contributed by atoms with E-state index in [9.17, 15) is 9.59 Å². The number of fused-ring (bicyclic) bond motifs is 1. The highest BCUT2D eigenvalue weighted by Gasteiger charge is 2.10. The minimum atomic E-state index is -0.445. The van der Waals surface area contributed by atoms with E-state index in [2.05, 4.69) is 0 Å². The molecule has 2 aromatic rings. The summed E-state index contributed by atoms with van der Waals surface area (Å²) in [4.78, 5) is 22.0. The summed E-state index contributed by atoms with van der Waals surface area (Å²) < 4.78 is 15.0. The SMILES string of the molecule is COc1cc2oc(=O)ccc2cc1OC(C)=O. The van der Waals surface area contributed by atoms with Gasteiger partial charge in [-0.25, -0.2) is 4.79 Å². The molecule has 0 aliphatic heterocycles. The molecule has 1 heterocycles. The smallest absolute Gasteiger partial charge is 0.336 e. The molecule has 5 nitrogen and oxygen atoms in total. The molecule has 0 N–H and O–H groups in total. The number of hydrogen-bond donors (Lipinski definition) is 0. The van der Waals surface area contributed by atoms with Crippen molar-refractivity contribution in [3.8, 4) is 11.5 Å². The predicted molar refractivity (Wildman–Crippen MR) is 60.3 cm³/mol. The molecule has 1 aromatic heterocycles. The van der Waals surface area contributed by atoms with Crippen LogP contribution in [0.4, 0.5) is 0 Å². The number of carbonyl (C=O) groups excluding carboxylic acids is 1. The lowest BCUT2D eigenvalue weighted by atomic mass is 10.2. The van der Waals surface area contributed by atoms with Gasteiger partial charge >= 0.3 is 11.6 Å². The summed E-state index contributed by atoms with van der Waals surface area (Å²) in [6, 6.07) is 5.98. The van der Waals surface area contributed by atoms with Crippen LogP contribution < -0.4 is 15.1 Å². The van der Waals surface area contributed by atoms with Crippen molar-refractivity contribution in [2.45, 2.75) is 6.92 Å². The average molecular weight is 234 g/mol. The Hall–Kier alpha value is -2.30. The van der Waals surface area contributed by atoms with Crippen molar-refractivity contribution in [3.63, 3.8) is 0 Å². The molecule has 17 heavy (non-hydrogen) atoms. The Morgan fingerprint density at radius 2 is 2.00 bits per heavy atom. The lowest BCUT2D eigenvalue weighted by molar-refractivity contribution is -0.132. The van der Waals surface area contributed by atoms with Crippen molar-refractivity contribution in [3.05, 3.63) is 34.7 Å². The molecule has 88 valence electrons. The fourth-order valence-corrected chi connectivity index (χ4v) is 1.47. The number of ether oxygens (including phenoxy) is 2. The maximum atomic E-state index is 11.1. The van der Waals surface area contributed by atoms with Gasteiger partial charge in [-0.2, -0.15) is 0 Å². The predicted octanol–water partition coefficient (Wildman–Crippen LogP) is 1.73. The fraction of sp³-hybridized carbons (Fsp3) is 0.167. The van der Waals surface area contributed by atoms with Crippen LogP contribution in [0.2, 0.25) is 0 Å². The van der Waals surface area contributed by atoms with E-state index < -0.39 is 11.6 Å². The summed E-state index contributed by atoms with van der Waals surface area (Å²) >= 11 is 0. The van der Waals surface area contributed by atoms with Crippen molar-refractivity contribution < 1.29 is 18.7 Å². The lowest BCUT2D eigenvalue weighted by Crippen LogP contribution is -2.03. The van der Waals surface area contributed by atoms with Crippen LogP contribution in [-0.4, -0.2) is 13.1 Å². The maximum absolute atomic E-state index is 11.1. The Balaban J connectivity index is 2.64. The van der Waals surface area contributed by atoms with E-state index in [1.54, 1.807) is 12.1 Å². The molecular formula is C12H10O5. The summed E-state index contributed by atoms with van der Waals surface area (Å²) in [5.41, 5.74) is -0.0648. The second kappa shape index (κ2) is 4.29. The summed E-state index contributed by atoms with van der Waals surface area (Å²) in [5.74, 6) is 0.184. The van der Waals surface area contributed by atoms with Crippen LogP contribution in [0.3, 0.4) is 0 Å². The first-order chi connectivity index (χ1) is 8.10. The first-order valence-corrected chi connectivity index (χ1v) is 4.90. The van der Waals surface area contributed by atoms with Crippen LogP contribution in [0.25, 0.3) is 11.0 Å². The van der Waals surface area contributed by atoms with Gasteiger partial charge in [0.2, 0.25) is 0 Å². The zero-order valence-corrected chi connectivity index (χ0v) is 9.35. The van der Waals surface area contributed by atoms with Gasteiger partial charge in [0, 0.05) is 24.4 Å². The topological polar surface area (TPSA) is 65.7 Å². The molecule has 2 rings (SSSR count). The van der Waals surface area contributed by atoms with Gasteiger partial charge in [-0.3, -0.25) is 4.79 Å². The van der Waals surface area contributed by atoms with Gasteiger partial charge in [0.25, 0.3) is 0 Å². The molecule has 0 aliphatic rings. The Bertz CT molecular complexity index is 626. The van der Waals surface area contributed by atoms with E-state index in [0.717, 1.165) is 0 Å². The van der Waals surface area contributed by atoms with Crippen molar-refractivity contribution in [2.75, 3.05) is 7.11 Å². The van der Waals surface area contributed by atoms with Crippen LogP contribution in [-0.2, 0) is 4.79 Å². The first-order valence-electron chi connectivity index (χ1n) is 4.90. The van der Waals surface area contributed by atoms with E-state index in [0.29, 0.717) is 22.5 Å². The number of methoxy groups -OCH3 is 1. The van der Waals surface area contributed by atoms with Crippen LogP contribution in [0, 0.1) is 0 Å². The molecule has 0 saturated carbocycles. The molecule has 0 radical (unpaired) electrons. The standard InChI is InChI=1S/C12H10O5/c1-7(13)16-11-5-8-3-4-12(14)17-9(8)6-10(11)15-2/h3-6H,1-2H3. The molecule has 1 aromatic carbocycles.